The highest BCUT2D eigenvalue weighted by molar-refractivity contribution is 6.35. The van der Waals surface area contributed by atoms with Gasteiger partial charge in [-0.1, -0.05) is 58.5 Å². The van der Waals surface area contributed by atoms with E-state index >= 15 is 0 Å². The van der Waals surface area contributed by atoms with E-state index in [1.54, 1.807) is 24.3 Å². The van der Waals surface area contributed by atoms with Gasteiger partial charge in [0.15, 0.2) is 0 Å². The van der Waals surface area contributed by atoms with Crippen LogP contribution in [-0.2, 0) is 29.2 Å². The average molecular weight is 582 g/mol. The number of aryl methyl sites for hydroxylation is 1. The highest BCUT2D eigenvalue weighted by atomic mass is 35.5. The van der Waals surface area contributed by atoms with E-state index in [0.717, 1.165) is 11.1 Å². The highest BCUT2D eigenvalue weighted by Gasteiger charge is 2.21. The Bertz CT molecular complexity index is 1380. The topological polar surface area (TPSA) is 47.1 Å². The predicted molar refractivity (Wildman–Crippen MR) is 145 cm³/mol. The van der Waals surface area contributed by atoms with Crippen LogP contribution in [0.5, 0.6) is 0 Å². The van der Waals surface area contributed by atoms with Crippen molar-refractivity contribution in [1.29, 1.82) is 0 Å². The Morgan fingerprint density at radius 2 is 1.68 bits per heavy atom. The molecule has 37 heavy (non-hydrogen) atoms. The molecule has 1 aromatic heterocycles. The van der Waals surface area contributed by atoms with E-state index in [1.807, 2.05) is 40.0 Å². The maximum atomic E-state index is 13.1. The number of nitrogens with zero attached hydrogens (tertiary/aromatic N) is 2. The Hall–Kier alpha value is -2.61. The van der Waals surface area contributed by atoms with Crippen LogP contribution in [0.4, 0.5) is 10.1 Å². The van der Waals surface area contributed by atoms with E-state index in [1.165, 1.54) is 24.3 Å². The summed E-state index contributed by atoms with van der Waals surface area (Å²) in [5.41, 5.74) is 2.14. The molecule has 0 aliphatic carbocycles. The fraction of sp³-hybridized carbons (Fsp3) is 0.185. The van der Waals surface area contributed by atoms with E-state index in [0.29, 0.717) is 38.9 Å². The van der Waals surface area contributed by atoms with Crippen LogP contribution in [0.3, 0.4) is 0 Å². The Labute approximate surface area is 234 Å². The number of aromatic nitrogens is 2. The van der Waals surface area contributed by atoms with Crippen LogP contribution >= 0.6 is 46.4 Å². The van der Waals surface area contributed by atoms with Gasteiger partial charge in [0.2, 0.25) is 12.2 Å². The van der Waals surface area contributed by atoms with E-state index in [9.17, 15) is 9.18 Å². The minimum Gasteiger partial charge on any atom is -0.365 e. The maximum absolute atomic E-state index is 13.1. The lowest BCUT2D eigenvalue weighted by atomic mass is 10.1. The van der Waals surface area contributed by atoms with E-state index in [4.69, 9.17) is 51.1 Å². The first-order chi connectivity index (χ1) is 17.8. The molecule has 1 unspecified atom stereocenters. The molecule has 4 rings (SSSR count). The molecule has 0 radical (unpaired) electrons. The first kappa shape index (κ1) is 27.4. The van der Waals surface area contributed by atoms with Crippen molar-refractivity contribution in [3.8, 4) is 0 Å². The van der Waals surface area contributed by atoms with Gasteiger partial charge < -0.3 is 10.1 Å². The normalized spacial score (nSPS) is 11.9. The maximum Gasteiger partial charge on any atom is 0.243 e. The number of carbonyl (C=O) groups is 1. The van der Waals surface area contributed by atoms with Crippen molar-refractivity contribution in [2.45, 2.75) is 32.2 Å². The van der Waals surface area contributed by atoms with Gasteiger partial charge in [0.05, 0.1) is 19.6 Å². The SMILES string of the molecule is O=C(CCn1cc[n+](CC(OCc2ccc(Cl)cc2Cl)c2ccc(Cl)cc2Cl)c1)Nc1ccc(F)cc1. The third-order valence-electron chi connectivity index (χ3n) is 5.61. The Balaban J connectivity index is 1.41. The number of hydrogen-bond acceptors (Lipinski definition) is 2. The molecule has 0 fully saturated rings. The Morgan fingerprint density at radius 1 is 0.973 bits per heavy atom. The molecule has 0 saturated carbocycles. The zero-order chi connectivity index (χ0) is 26.4. The summed E-state index contributed by atoms with van der Waals surface area (Å²) in [4.78, 5) is 12.3. The number of rotatable bonds is 10. The largest absolute Gasteiger partial charge is 0.365 e. The minimum absolute atomic E-state index is 0.166. The lowest BCUT2D eigenvalue weighted by Crippen LogP contribution is -2.35. The standard InChI is InChI=1S/C27H22Cl4FN3O2/c28-19-2-1-18(24(30)13-19)16-37-26(23-8-3-20(29)14-25(23)31)15-35-12-11-34(17-35)10-9-27(36)33-22-6-4-21(32)5-7-22/h1-8,11-14,17,26H,9-10,15-16H2/p+1. The van der Waals surface area contributed by atoms with Crippen molar-refractivity contribution in [3.63, 3.8) is 0 Å². The van der Waals surface area contributed by atoms with Crippen molar-refractivity contribution in [2.24, 2.45) is 0 Å². The van der Waals surface area contributed by atoms with Crippen molar-refractivity contribution >= 4 is 58.0 Å². The van der Waals surface area contributed by atoms with Crippen LogP contribution in [0.2, 0.25) is 20.1 Å². The second-order valence-corrected chi connectivity index (χ2v) is 10.0. The van der Waals surface area contributed by atoms with Crippen molar-refractivity contribution in [3.05, 3.63) is 116 Å². The summed E-state index contributed by atoms with van der Waals surface area (Å²) in [5, 5.41) is 4.86. The van der Waals surface area contributed by atoms with Crippen LogP contribution in [-0.4, -0.2) is 10.5 Å². The summed E-state index contributed by atoms with van der Waals surface area (Å²) in [6, 6.07) is 16.2. The molecule has 0 bridgehead atoms. The van der Waals surface area contributed by atoms with Gasteiger partial charge in [0.25, 0.3) is 0 Å². The number of halogens is 5. The van der Waals surface area contributed by atoms with Gasteiger partial charge in [-0.25, -0.2) is 13.5 Å². The predicted octanol–water partition coefficient (Wildman–Crippen LogP) is 7.52. The zero-order valence-corrected chi connectivity index (χ0v) is 22.5. The van der Waals surface area contributed by atoms with E-state index < -0.39 is 6.10 Å². The quantitative estimate of drug-likeness (QED) is 0.197. The lowest BCUT2D eigenvalue weighted by molar-refractivity contribution is -0.704. The summed E-state index contributed by atoms with van der Waals surface area (Å²) < 4.78 is 23.2. The molecular weight excluding hydrogens is 559 g/mol. The fourth-order valence-corrected chi connectivity index (χ4v) is 4.68. The molecule has 10 heteroatoms. The zero-order valence-electron chi connectivity index (χ0n) is 19.5. The van der Waals surface area contributed by atoms with Crippen LogP contribution in [0, 0.1) is 5.82 Å². The van der Waals surface area contributed by atoms with Gasteiger partial charge in [-0.2, -0.15) is 0 Å². The summed E-state index contributed by atoms with van der Waals surface area (Å²) in [6.07, 6.45) is 5.51. The van der Waals surface area contributed by atoms with Gasteiger partial charge in [-0.3, -0.25) is 4.79 Å². The molecule has 3 aromatic carbocycles. The van der Waals surface area contributed by atoms with Crippen LogP contribution in [0.25, 0.3) is 0 Å². The molecule has 5 nitrogen and oxygen atoms in total. The number of hydrogen-bond donors (Lipinski definition) is 1. The summed E-state index contributed by atoms with van der Waals surface area (Å²) in [6.45, 7) is 1.18. The van der Waals surface area contributed by atoms with Crippen molar-refractivity contribution < 1.29 is 18.5 Å². The Morgan fingerprint density at radius 3 is 2.38 bits per heavy atom. The smallest absolute Gasteiger partial charge is 0.243 e. The average Bonchev–Trinajstić information content (AvgIpc) is 3.30. The molecule has 0 aliphatic heterocycles. The number of ether oxygens (including phenoxy) is 1. The highest BCUT2D eigenvalue weighted by Crippen LogP contribution is 2.31. The first-order valence-electron chi connectivity index (χ1n) is 11.4. The molecule has 0 aliphatic rings. The number of nitrogens with one attached hydrogen (secondary N) is 1. The van der Waals surface area contributed by atoms with Gasteiger partial charge in [0.1, 0.15) is 30.9 Å². The third-order valence-corrected chi connectivity index (χ3v) is 6.76. The van der Waals surface area contributed by atoms with E-state index in [-0.39, 0.29) is 24.8 Å². The molecule has 1 N–H and O–H groups in total. The van der Waals surface area contributed by atoms with Gasteiger partial charge in [-0.15, -0.1) is 0 Å². The molecule has 0 spiro atoms. The van der Waals surface area contributed by atoms with Crippen molar-refractivity contribution in [2.75, 3.05) is 5.32 Å². The van der Waals surface area contributed by atoms with Crippen LogP contribution in [0.1, 0.15) is 23.7 Å². The molecular formula is C27H23Cl4FN3O2+. The second kappa shape index (κ2) is 12.8. The monoisotopic (exact) mass is 580 g/mol. The molecule has 4 aromatic rings. The minimum atomic E-state index is -0.404. The van der Waals surface area contributed by atoms with Gasteiger partial charge in [0, 0.05) is 31.3 Å². The van der Waals surface area contributed by atoms with Gasteiger partial charge >= 0.3 is 0 Å². The second-order valence-electron chi connectivity index (χ2n) is 8.35. The first-order valence-corrected chi connectivity index (χ1v) is 12.9. The fourth-order valence-electron chi connectivity index (χ4n) is 3.69. The number of imidazole rings is 1. The van der Waals surface area contributed by atoms with Crippen molar-refractivity contribution in [1.82, 2.24) is 4.57 Å². The number of amides is 1. The molecule has 0 saturated heterocycles. The summed E-state index contributed by atoms with van der Waals surface area (Å²) in [5.74, 6) is -0.519. The number of carbonyl (C=O) groups excluding carboxylic acids is 1. The summed E-state index contributed by atoms with van der Waals surface area (Å²) >= 11 is 24.9. The number of anilines is 1. The van der Waals surface area contributed by atoms with Gasteiger partial charge in [-0.05, 0) is 54.1 Å². The molecule has 1 amide bonds. The number of benzene rings is 3. The molecule has 192 valence electrons. The molecule has 1 atom stereocenters. The molecule has 1 heterocycles. The Kier molecular flexibility index (Phi) is 9.46. The van der Waals surface area contributed by atoms with Crippen LogP contribution in [0.15, 0.2) is 79.4 Å². The summed E-state index contributed by atoms with van der Waals surface area (Å²) in [7, 11) is 0. The van der Waals surface area contributed by atoms with E-state index in [2.05, 4.69) is 5.32 Å². The third kappa shape index (κ3) is 7.94. The lowest BCUT2D eigenvalue weighted by Gasteiger charge is -2.19. The van der Waals surface area contributed by atoms with Crippen LogP contribution < -0.4 is 9.88 Å².